The highest BCUT2D eigenvalue weighted by molar-refractivity contribution is 7.98. The van der Waals surface area contributed by atoms with E-state index in [-0.39, 0.29) is 46.0 Å². The summed E-state index contributed by atoms with van der Waals surface area (Å²) in [7, 11) is 3.74. The Hall–Kier alpha value is -5.54. The van der Waals surface area contributed by atoms with Gasteiger partial charge in [0.25, 0.3) is 5.56 Å². The topological polar surface area (TPSA) is 157 Å². The van der Waals surface area contributed by atoms with Gasteiger partial charge in [0.2, 0.25) is 0 Å². The molecule has 4 aliphatic rings. The number of nitrogens with one attached hydrogen (secondary N) is 3. The highest BCUT2D eigenvalue weighted by atomic mass is 32.2. The molecule has 17 heteroatoms. The van der Waals surface area contributed by atoms with Crippen LogP contribution in [0.3, 0.4) is 0 Å². The number of benzene rings is 3. The molecule has 14 nitrogen and oxygen atoms in total. The number of nitrogens with zero attached hydrogens (tertiary/aromatic N) is 7. The summed E-state index contributed by atoms with van der Waals surface area (Å²) in [6, 6.07) is 13.2. The number of aromatic amines is 1. The summed E-state index contributed by atoms with van der Waals surface area (Å²) in [5, 5.41) is 17.8. The number of amides is 2. The smallest absolute Gasteiger partial charge is 0.327 e. The third kappa shape index (κ3) is 9.29. The van der Waals surface area contributed by atoms with Gasteiger partial charge in [-0.3, -0.25) is 19.3 Å². The second-order valence-corrected chi connectivity index (χ2v) is 16.9. The van der Waals surface area contributed by atoms with Crippen LogP contribution in [0.15, 0.2) is 65.9 Å². The van der Waals surface area contributed by atoms with E-state index in [1.54, 1.807) is 27.8 Å². The second kappa shape index (κ2) is 19.2. The van der Waals surface area contributed by atoms with Crippen molar-refractivity contribution < 1.29 is 23.0 Å². The molecule has 5 aromatic rings. The van der Waals surface area contributed by atoms with E-state index < -0.39 is 5.82 Å². The molecule has 0 atom stereocenters. The summed E-state index contributed by atoms with van der Waals surface area (Å²) in [6.45, 7) is 14.1. The van der Waals surface area contributed by atoms with Gasteiger partial charge in [0.05, 0.1) is 34.0 Å². The van der Waals surface area contributed by atoms with Crippen molar-refractivity contribution in [3.8, 4) is 17.6 Å². The number of halogens is 2. The highest BCUT2D eigenvalue weighted by Gasteiger charge is 2.48. The van der Waals surface area contributed by atoms with Crippen molar-refractivity contribution in [1.82, 2.24) is 34.3 Å². The molecule has 2 aromatic heterocycles. The first-order valence-corrected chi connectivity index (χ1v) is 22.1. The summed E-state index contributed by atoms with van der Waals surface area (Å²) in [4.78, 5) is 35.0. The molecule has 1 saturated carbocycles. The maximum absolute atomic E-state index is 15.4. The Balaban J connectivity index is 0.000000183. The summed E-state index contributed by atoms with van der Waals surface area (Å²) in [6.07, 6.45) is 8.55. The zero-order valence-corrected chi connectivity index (χ0v) is 36.7. The molecule has 5 heterocycles. The number of carbonyl (C=O) groups is 1. The minimum atomic E-state index is -0.675. The summed E-state index contributed by atoms with van der Waals surface area (Å²) >= 11 is 1.28. The number of urea groups is 1. The maximum atomic E-state index is 15.4. The Morgan fingerprint density at radius 1 is 1.10 bits per heavy atom. The summed E-state index contributed by atoms with van der Waals surface area (Å²) < 4.78 is 48.0. The van der Waals surface area contributed by atoms with E-state index in [1.807, 2.05) is 51.3 Å². The molecule has 1 aliphatic carbocycles. The molecule has 62 heavy (non-hydrogen) atoms. The van der Waals surface area contributed by atoms with Crippen molar-refractivity contribution in [1.29, 1.82) is 5.26 Å². The van der Waals surface area contributed by atoms with Crippen molar-refractivity contribution in [3.05, 3.63) is 94.2 Å². The van der Waals surface area contributed by atoms with Crippen LogP contribution in [-0.4, -0.2) is 86.5 Å². The quantitative estimate of drug-likeness (QED) is 0.122. The number of H-pyrrole nitrogens is 1. The monoisotopic (exact) mass is 868 g/mol. The Morgan fingerprint density at radius 2 is 1.87 bits per heavy atom. The highest BCUT2D eigenvalue weighted by Crippen LogP contribution is 2.43. The number of anilines is 2. The van der Waals surface area contributed by atoms with Gasteiger partial charge >= 0.3 is 6.03 Å². The summed E-state index contributed by atoms with van der Waals surface area (Å²) in [5.41, 5.74) is 3.11. The number of nitriles is 1. The Bertz CT molecular complexity index is 2540. The molecule has 1 spiro atoms. The SMILES string of the molecule is C=C1CCN(c2nn(C)c3cc(C4CCC(N5CC6(CCCO6)C5)CC4)c(F)cc23)C(=O)N1.CC.CCN(C)SNc1ccc(F)c(Oc2ccc3nc[nH]c(=O)c3c2)c1C#N. The number of ether oxygens (including phenoxy) is 2. The predicted molar refractivity (Wildman–Crippen MR) is 239 cm³/mol. The predicted octanol–water partition coefficient (Wildman–Crippen LogP) is 8.72. The summed E-state index contributed by atoms with van der Waals surface area (Å²) in [5.74, 6) is -0.111. The lowest BCUT2D eigenvalue weighted by atomic mass is 9.78. The van der Waals surface area contributed by atoms with E-state index in [0.29, 0.717) is 52.5 Å². The van der Waals surface area contributed by atoms with Gasteiger partial charge in [0.15, 0.2) is 17.4 Å². The van der Waals surface area contributed by atoms with Gasteiger partial charge in [-0.25, -0.2) is 22.9 Å². The molecule has 3 aliphatic heterocycles. The molecule has 0 bridgehead atoms. The lowest BCUT2D eigenvalue weighted by Gasteiger charge is -2.52. The lowest BCUT2D eigenvalue weighted by molar-refractivity contribution is -0.130. The number of hydrogen-bond donors (Lipinski definition) is 3. The zero-order valence-electron chi connectivity index (χ0n) is 35.9. The third-order valence-corrected chi connectivity index (χ3v) is 12.9. The van der Waals surface area contributed by atoms with Crippen LogP contribution in [0.1, 0.15) is 82.8 Å². The van der Waals surface area contributed by atoms with E-state index in [2.05, 4.69) is 36.6 Å². The number of likely N-dealkylation sites (tertiary alicyclic amines) is 1. The van der Waals surface area contributed by atoms with E-state index >= 15 is 4.39 Å². The van der Waals surface area contributed by atoms with Gasteiger partial charge in [-0.2, -0.15) is 10.4 Å². The number of rotatable bonds is 9. The fourth-order valence-corrected chi connectivity index (χ4v) is 9.15. The first-order valence-electron chi connectivity index (χ1n) is 21.3. The van der Waals surface area contributed by atoms with Crippen LogP contribution >= 0.6 is 12.1 Å². The normalized spacial score (nSPS) is 19.6. The molecule has 2 amide bonds. The fraction of sp³-hybridized carbons (Fsp3) is 0.444. The van der Waals surface area contributed by atoms with Crippen molar-refractivity contribution >= 4 is 51.5 Å². The molecular weight excluding hydrogens is 815 g/mol. The molecule has 3 saturated heterocycles. The van der Waals surface area contributed by atoms with Crippen LogP contribution in [-0.2, 0) is 11.8 Å². The van der Waals surface area contributed by atoms with Crippen LogP contribution in [0.4, 0.5) is 25.1 Å². The number of fused-ring (bicyclic) bond motifs is 2. The number of hydrogen-bond acceptors (Lipinski definition) is 11. The standard InChI is InChI=1S/C25H32FN5O2.C18H16FN5O2S.C2H6/c1-16-8-10-31(24(32)27-16)23-20-12-21(26)19(13-22(20)29(2)28-23)17-4-6-18(7-5-17)30-14-25(15-30)9-3-11-33-25;1-3-24(2)27-23-16-7-5-14(19)17(13(16)9-20)26-11-4-6-15-12(8-11)18(25)22-10-21-15;1-2/h12-13,17-18H,1,3-11,14-15H2,2H3,(H,27,32);4-8,10,23H,3H2,1-2H3,(H,21,22,25);1-2H3. The number of carbonyl (C=O) groups excluding carboxylic acids is 1. The van der Waals surface area contributed by atoms with Crippen LogP contribution in [0, 0.1) is 23.0 Å². The fourth-order valence-electron chi connectivity index (χ4n) is 8.60. The van der Waals surface area contributed by atoms with Crippen molar-refractivity contribution in [2.24, 2.45) is 7.05 Å². The Kier molecular flexibility index (Phi) is 13.8. The lowest BCUT2D eigenvalue weighted by Crippen LogP contribution is -2.64. The van der Waals surface area contributed by atoms with Crippen LogP contribution in [0.2, 0.25) is 0 Å². The van der Waals surface area contributed by atoms with Crippen LogP contribution in [0.25, 0.3) is 21.8 Å². The van der Waals surface area contributed by atoms with E-state index in [0.717, 1.165) is 63.0 Å². The zero-order chi connectivity index (χ0) is 44.1. The average molecular weight is 869 g/mol. The number of aromatic nitrogens is 4. The first kappa shape index (κ1) is 44.5. The average Bonchev–Trinajstić information content (AvgIpc) is 3.89. The van der Waals surface area contributed by atoms with Crippen LogP contribution < -0.4 is 25.2 Å². The first-order chi connectivity index (χ1) is 30.0. The maximum Gasteiger partial charge on any atom is 0.327 e. The van der Waals surface area contributed by atoms with Crippen molar-refractivity contribution in [2.75, 3.05) is 49.5 Å². The Labute approximate surface area is 364 Å². The van der Waals surface area contributed by atoms with Crippen molar-refractivity contribution in [3.63, 3.8) is 0 Å². The molecule has 0 unspecified atom stereocenters. The van der Waals surface area contributed by atoms with Gasteiger partial charge in [-0.05, 0) is 99.5 Å². The van der Waals surface area contributed by atoms with Crippen LogP contribution in [0.5, 0.6) is 11.5 Å². The largest absolute Gasteiger partial charge is 0.453 e. The molecule has 0 radical (unpaired) electrons. The van der Waals surface area contributed by atoms with Gasteiger partial charge in [-0.15, -0.1) is 0 Å². The minimum Gasteiger partial charge on any atom is -0.453 e. The van der Waals surface area contributed by atoms with Gasteiger partial charge in [-0.1, -0.05) is 27.4 Å². The van der Waals surface area contributed by atoms with Gasteiger partial charge in [0.1, 0.15) is 23.2 Å². The van der Waals surface area contributed by atoms with E-state index in [9.17, 15) is 19.2 Å². The van der Waals surface area contributed by atoms with Gasteiger partial charge < -0.3 is 24.5 Å². The molecule has 9 rings (SSSR count). The number of aryl methyl sites for hydroxylation is 1. The third-order valence-electron chi connectivity index (χ3n) is 12.0. The van der Waals surface area contributed by atoms with Gasteiger partial charge in [0, 0.05) is 75.5 Å². The van der Waals surface area contributed by atoms with Crippen molar-refractivity contribution in [2.45, 2.75) is 83.3 Å². The van der Waals surface area contributed by atoms with E-state index in [4.69, 9.17) is 9.47 Å². The molecule has 3 aromatic carbocycles. The molecule has 328 valence electrons. The molecule has 3 N–H and O–H groups in total. The molecule has 4 fully saturated rings. The molecular formula is C45H54F2N10O4S. The van der Waals surface area contributed by atoms with E-state index in [1.165, 1.54) is 49.5 Å². The Morgan fingerprint density at radius 3 is 2.56 bits per heavy atom. The second-order valence-electron chi connectivity index (χ2n) is 15.9. The minimum absolute atomic E-state index is 0.0344.